The Morgan fingerprint density at radius 1 is 0.956 bits per heavy atom. The van der Waals surface area contributed by atoms with Gasteiger partial charge in [-0.1, -0.05) is 54.6 Å². The number of rotatable bonds is 5. The fourth-order valence-electron chi connectivity index (χ4n) is 7.08. The summed E-state index contributed by atoms with van der Waals surface area (Å²) < 4.78 is 24.3. The molecule has 45 heavy (non-hydrogen) atoms. The number of nitrogens with one attached hydrogen (secondary N) is 1. The van der Waals surface area contributed by atoms with Gasteiger partial charge in [-0.05, 0) is 53.8 Å². The lowest BCUT2D eigenvalue weighted by atomic mass is 10.0. The van der Waals surface area contributed by atoms with E-state index < -0.39 is 17.2 Å². The second kappa shape index (κ2) is 11.0. The van der Waals surface area contributed by atoms with Gasteiger partial charge in [0.25, 0.3) is 5.91 Å². The normalized spacial score (nSPS) is 18.3. The van der Waals surface area contributed by atoms with Gasteiger partial charge in [-0.25, -0.2) is 4.39 Å². The molecule has 4 aromatic carbocycles. The van der Waals surface area contributed by atoms with Crippen molar-refractivity contribution in [1.29, 1.82) is 0 Å². The molecule has 1 atom stereocenters. The molecule has 0 radical (unpaired) electrons. The van der Waals surface area contributed by atoms with Crippen molar-refractivity contribution in [2.24, 2.45) is 5.73 Å². The minimum absolute atomic E-state index is 0.0171. The van der Waals surface area contributed by atoms with Crippen molar-refractivity contribution in [3.05, 3.63) is 106 Å². The molecule has 4 heterocycles. The maximum atomic E-state index is 16.0. The number of anilines is 1. The molecule has 3 aliphatic heterocycles. The molecule has 9 heteroatoms. The lowest BCUT2D eigenvalue weighted by Crippen LogP contribution is -2.45. The molecule has 0 spiro atoms. The van der Waals surface area contributed by atoms with Gasteiger partial charge in [-0.3, -0.25) is 14.5 Å². The molecule has 3 N–H and O–H groups in total. The summed E-state index contributed by atoms with van der Waals surface area (Å²) in [7, 11) is 0. The molecule has 2 fully saturated rings. The van der Waals surface area contributed by atoms with Crippen LogP contribution >= 0.6 is 0 Å². The molecule has 1 unspecified atom stereocenters. The van der Waals surface area contributed by atoms with Gasteiger partial charge in [0.15, 0.2) is 17.3 Å². The van der Waals surface area contributed by atoms with Gasteiger partial charge in [0.05, 0.1) is 11.1 Å². The first kappa shape index (κ1) is 27.8. The molecule has 5 aromatic rings. The predicted molar refractivity (Wildman–Crippen MR) is 174 cm³/mol. The van der Waals surface area contributed by atoms with Gasteiger partial charge < -0.3 is 25.3 Å². The van der Waals surface area contributed by atoms with Crippen LogP contribution in [-0.4, -0.2) is 53.6 Å². The van der Waals surface area contributed by atoms with Crippen LogP contribution in [0.25, 0.3) is 27.4 Å². The zero-order valence-electron chi connectivity index (χ0n) is 24.8. The lowest BCUT2D eigenvalue weighted by molar-refractivity contribution is 0.0907. The van der Waals surface area contributed by atoms with Crippen molar-refractivity contribution in [2.75, 3.05) is 31.1 Å². The summed E-state index contributed by atoms with van der Waals surface area (Å²) in [6.07, 6.45) is 3.89. The molecule has 8 rings (SSSR count). The molecular formula is C36H34FN5O3. The van der Waals surface area contributed by atoms with Crippen molar-refractivity contribution >= 4 is 33.3 Å². The van der Waals surface area contributed by atoms with E-state index in [1.165, 1.54) is 11.6 Å². The quantitative estimate of drug-likeness (QED) is 0.277. The zero-order valence-corrected chi connectivity index (χ0v) is 24.8. The lowest BCUT2D eigenvalue weighted by Gasteiger charge is -2.32. The standard InChI is InChI=1S/C36H34FN5O3/c37-29-18-27-32-35(33(29)41-15-10-25(38)20-41)45-31-17-24-9-5-4-8-23(24)16-30(31)42(32)21-28(34(27)43)36(44)39-26-11-13-40(14-12-26)19-22-6-2-1-3-7-22/h1-9,16-18,21,25-26H,10-15,19-20,38H2,(H,39,44). The first-order valence-corrected chi connectivity index (χ1v) is 15.6. The summed E-state index contributed by atoms with van der Waals surface area (Å²) in [6, 6.07) is 23.3. The number of likely N-dealkylation sites (tertiary alicyclic amines) is 1. The molecule has 3 aliphatic rings. The van der Waals surface area contributed by atoms with Crippen LogP contribution in [0.5, 0.6) is 11.5 Å². The van der Waals surface area contributed by atoms with Crippen molar-refractivity contribution < 1.29 is 13.9 Å². The van der Waals surface area contributed by atoms with Gasteiger partial charge in [0.2, 0.25) is 5.43 Å². The van der Waals surface area contributed by atoms with E-state index in [4.69, 9.17) is 10.5 Å². The highest BCUT2D eigenvalue weighted by atomic mass is 19.1. The van der Waals surface area contributed by atoms with Crippen LogP contribution in [-0.2, 0) is 6.54 Å². The predicted octanol–water partition coefficient (Wildman–Crippen LogP) is 5.32. The second-order valence-corrected chi connectivity index (χ2v) is 12.4. The van der Waals surface area contributed by atoms with E-state index in [0.717, 1.165) is 49.7 Å². The molecule has 0 saturated carbocycles. The molecule has 0 aliphatic carbocycles. The second-order valence-electron chi connectivity index (χ2n) is 12.4. The molecule has 1 amide bonds. The Balaban J connectivity index is 1.17. The molecule has 0 bridgehead atoms. The van der Waals surface area contributed by atoms with E-state index in [-0.39, 0.29) is 28.8 Å². The number of ether oxygens (including phenoxy) is 1. The van der Waals surface area contributed by atoms with Crippen LogP contribution in [0, 0.1) is 5.82 Å². The number of amides is 1. The number of hydrogen-bond acceptors (Lipinski definition) is 6. The Bertz CT molecular complexity index is 2020. The van der Waals surface area contributed by atoms with Crippen LogP contribution < -0.4 is 26.1 Å². The van der Waals surface area contributed by atoms with E-state index in [1.54, 1.807) is 6.20 Å². The van der Waals surface area contributed by atoms with Crippen LogP contribution in [0.4, 0.5) is 10.1 Å². The topological polar surface area (TPSA) is 92.8 Å². The monoisotopic (exact) mass is 603 g/mol. The van der Waals surface area contributed by atoms with Gasteiger partial charge in [-0.2, -0.15) is 0 Å². The number of carbonyl (C=O) groups is 1. The number of halogens is 1. The summed E-state index contributed by atoms with van der Waals surface area (Å²) in [5.41, 5.74) is 8.35. The third kappa shape index (κ3) is 4.92. The highest BCUT2D eigenvalue weighted by Crippen LogP contribution is 2.48. The van der Waals surface area contributed by atoms with E-state index in [1.807, 2.05) is 64.1 Å². The minimum atomic E-state index is -0.567. The van der Waals surface area contributed by atoms with Gasteiger partial charge in [-0.15, -0.1) is 0 Å². The number of pyridine rings is 1. The summed E-state index contributed by atoms with van der Waals surface area (Å²) in [5, 5.41) is 5.17. The summed E-state index contributed by atoms with van der Waals surface area (Å²) in [4.78, 5) is 32.0. The van der Waals surface area contributed by atoms with Crippen molar-refractivity contribution in [2.45, 2.75) is 37.9 Å². The van der Waals surface area contributed by atoms with E-state index in [2.05, 4.69) is 22.3 Å². The smallest absolute Gasteiger partial charge is 0.257 e. The Hall–Kier alpha value is -4.73. The van der Waals surface area contributed by atoms with Gasteiger partial charge >= 0.3 is 0 Å². The molecular weight excluding hydrogens is 569 g/mol. The average Bonchev–Trinajstić information content (AvgIpc) is 3.48. The highest BCUT2D eigenvalue weighted by molar-refractivity contribution is 6.02. The van der Waals surface area contributed by atoms with Crippen LogP contribution in [0.1, 0.15) is 35.2 Å². The molecule has 1 aromatic heterocycles. The third-order valence-corrected chi connectivity index (χ3v) is 9.43. The van der Waals surface area contributed by atoms with Crippen LogP contribution in [0.2, 0.25) is 0 Å². The summed E-state index contributed by atoms with van der Waals surface area (Å²) in [6.45, 7) is 3.62. The first-order valence-electron chi connectivity index (χ1n) is 15.6. The Labute approximate surface area is 259 Å². The number of nitrogens with zero attached hydrogens (tertiary/aromatic N) is 3. The van der Waals surface area contributed by atoms with Crippen LogP contribution in [0.15, 0.2) is 83.8 Å². The SMILES string of the molecule is NC1CCN(c2c(F)cc3c(=O)c(C(=O)NC4CCN(Cc5ccccc5)CC4)cn4c3c2Oc2cc3ccccc3cc2-4)C1. The summed E-state index contributed by atoms with van der Waals surface area (Å²) in [5.74, 6) is -0.212. The Kier molecular flexibility index (Phi) is 6.80. The van der Waals surface area contributed by atoms with Gasteiger partial charge in [0, 0.05) is 51.0 Å². The number of nitrogens with two attached hydrogens (primary N) is 1. The number of carbonyl (C=O) groups excluding carboxylic acids is 1. The minimum Gasteiger partial charge on any atom is -0.451 e. The number of benzene rings is 4. The van der Waals surface area contributed by atoms with Crippen LogP contribution in [0.3, 0.4) is 0 Å². The molecule has 8 nitrogen and oxygen atoms in total. The highest BCUT2D eigenvalue weighted by Gasteiger charge is 2.33. The fourth-order valence-corrected chi connectivity index (χ4v) is 7.08. The fraction of sp³-hybridized carbons (Fsp3) is 0.278. The largest absolute Gasteiger partial charge is 0.451 e. The number of piperidine rings is 1. The maximum Gasteiger partial charge on any atom is 0.257 e. The van der Waals surface area contributed by atoms with Crippen molar-refractivity contribution in [3.8, 4) is 17.2 Å². The summed E-state index contributed by atoms with van der Waals surface area (Å²) >= 11 is 0. The number of hydrogen-bond donors (Lipinski definition) is 2. The van der Waals surface area contributed by atoms with Gasteiger partial charge in [0.1, 0.15) is 16.8 Å². The Morgan fingerprint density at radius 3 is 2.42 bits per heavy atom. The first-order chi connectivity index (χ1) is 21.9. The number of aromatic nitrogens is 1. The maximum absolute atomic E-state index is 16.0. The average molecular weight is 604 g/mol. The third-order valence-electron chi connectivity index (χ3n) is 9.43. The Morgan fingerprint density at radius 2 is 1.69 bits per heavy atom. The van der Waals surface area contributed by atoms with E-state index in [9.17, 15) is 9.59 Å². The number of fused-ring (bicyclic) bond motifs is 3. The molecule has 2 saturated heterocycles. The zero-order chi connectivity index (χ0) is 30.7. The molecule has 228 valence electrons. The van der Waals surface area contributed by atoms with E-state index in [0.29, 0.717) is 35.7 Å². The van der Waals surface area contributed by atoms with Crippen molar-refractivity contribution in [1.82, 2.24) is 14.8 Å². The van der Waals surface area contributed by atoms with Crippen molar-refractivity contribution in [3.63, 3.8) is 0 Å². The van der Waals surface area contributed by atoms with E-state index >= 15 is 4.39 Å².